The topological polar surface area (TPSA) is 9.23 Å². The molecule has 2 aliphatic carbocycles. The lowest BCUT2D eigenvalue weighted by Gasteiger charge is -2.60. The first kappa shape index (κ1) is 13.0. The standard InChI is InChI=1S/C17H30O/c1-12-11-14-16(4)9-6-8-15(2,3)13(16)7-10-17(14,5)18-12/h12-14H,6-11H2,1-5H3/t12-,13-,14-,16?,17-/m0/s1. The number of rotatable bonds is 0. The highest BCUT2D eigenvalue weighted by Gasteiger charge is 2.61. The van der Waals surface area contributed by atoms with Crippen molar-refractivity contribution >= 4 is 0 Å². The second-order valence-electron chi connectivity index (χ2n) is 8.47. The van der Waals surface area contributed by atoms with E-state index in [4.69, 9.17) is 4.74 Å². The monoisotopic (exact) mass is 250 g/mol. The van der Waals surface area contributed by atoms with Crippen LogP contribution in [0.25, 0.3) is 0 Å². The number of hydrogen-bond donors (Lipinski definition) is 0. The average molecular weight is 250 g/mol. The first-order valence-corrected chi connectivity index (χ1v) is 7.96. The van der Waals surface area contributed by atoms with E-state index in [9.17, 15) is 0 Å². The predicted octanol–water partition coefficient (Wildman–Crippen LogP) is 4.80. The smallest absolute Gasteiger partial charge is 0.0692 e. The molecule has 0 spiro atoms. The van der Waals surface area contributed by atoms with Gasteiger partial charge in [-0.3, -0.25) is 0 Å². The molecule has 1 heterocycles. The molecule has 3 rings (SSSR count). The zero-order valence-corrected chi connectivity index (χ0v) is 12.9. The van der Waals surface area contributed by atoms with Crippen molar-refractivity contribution in [2.24, 2.45) is 22.7 Å². The maximum atomic E-state index is 6.34. The normalized spacial score (nSPS) is 54.8. The number of fused-ring (bicyclic) bond motifs is 3. The van der Waals surface area contributed by atoms with Crippen molar-refractivity contribution in [2.75, 3.05) is 0 Å². The van der Waals surface area contributed by atoms with Crippen LogP contribution in [0.1, 0.15) is 73.1 Å². The minimum absolute atomic E-state index is 0.179. The van der Waals surface area contributed by atoms with Crippen LogP contribution in [-0.4, -0.2) is 11.7 Å². The van der Waals surface area contributed by atoms with Crippen molar-refractivity contribution in [3.63, 3.8) is 0 Å². The van der Waals surface area contributed by atoms with Crippen LogP contribution in [0, 0.1) is 22.7 Å². The van der Waals surface area contributed by atoms with Gasteiger partial charge in [0.05, 0.1) is 11.7 Å². The van der Waals surface area contributed by atoms with Crippen LogP contribution in [0.15, 0.2) is 0 Å². The molecule has 1 aliphatic heterocycles. The van der Waals surface area contributed by atoms with Crippen LogP contribution in [0.4, 0.5) is 0 Å². The molecule has 1 heteroatoms. The Morgan fingerprint density at radius 3 is 2.39 bits per heavy atom. The van der Waals surface area contributed by atoms with Crippen molar-refractivity contribution in [3.8, 4) is 0 Å². The molecular formula is C17H30O. The van der Waals surface area contributed by atoms with Crippen molar-refractivity contribution in [2.45, 2.75) is 84.8 Å². The molecule has 1 saturated heterocycles. The summed E-state index contributed by atoms with van der Waals surface area (Å²) < 4.78 is 6.34. The van der Waals surface area contributed by atoms with E-state index in [1.54, 1.807) is 0 Å². The first-order chi connectivity index (χ1) is 8.28. The van der Waals surface area contributed by atoms with Gasteiger partial charge in [0.25, 0.3) is 0 Å². The number of ether oxygens (including phenoxy) is 1. The molecule has 104 valence electrons. The van der Waals surface area contributed by atoms with E-state index in [1.165, 1.54) is 38.5 Å². The van der Waals surface area contributed by atoms with Crippen LogP contribution in [0.3, 0.4) is 0 Å². The maximum absolute atomic E-state index is 6.34. The second kappa shape index (κ2) is 3.75. The molecule has 18 heavy (non-hydrogen) atoms. The van der Waals surface area contributed by atoms with E-state index in [2.05, 4.69) is 34.6 Å². The third kappa shape index (κ3) is 1.62. The fourth-order valence-corrected chi connectivity index (χ4v) is 6.11. The SMILES string of the molecule is C[C@H]1C[C@H]2C3(C)CCCC(C)(C)[C@@H]3CC[C@]2(C)O1. The van der Waals surface area contributed by atoms with Crippen LogP contribution >= 0.6 is 0 Å². The molecule has 1 unspecified atom stereocenters. The zero-order valence-electron chi connectivity index (χ0n) is 12.9. The zero-order chi connectivity index (χ0) is 13.2. The minimum Gasteiger partial charge on any atom is -0.372 e. The molecule has 3 fully saturated rings. The molecule has 2 saturated carbocycles. The van der Waals surface area contributed by atoms with Gasteiger partial charge in [-0.05, 0) is 68.6 Å². The summed E-state index contributed by atoms with van der Waals surface area (Å²) in [4.78, 5) is 0. The molecule has 5 atom stereocenters. The molecule has 0 N–H and O–H groups in total. The van der Waals surface area contributed by atoms with E-state index < -0.39 is 0 Å². The lowest BCUT2D eigenvalue weighted by atomic mass is 9.45. The summed E-state index contributed by atoms with van der Waals surface area (Å²) in [7, 11) is 0. The van der Waals surface area contributed by atoms with Crippen LogP contribution in [0.5, 0.6) is 0 Å². The molecular weight excluding hydrogens is 220 g/mol. The van der Waals surface area contributed by atoms with Crippen molar-refractivity contribution < 1.29 is 4.74 Å². The van der Waals surface area contributed by atoms with Gasteiger partial charge in [0, 0.05) is 0 Å². The van der Waals surface area contributed by atoms with Crippen molar-refractivity contribution in [1.82, 2.24) is 0 Å². The van der Waals surface area contributed by atoms with Gasteiger partial charge in [0.2, 0.25) is 0 Å². The highest BCUT2D eigenvalue weighted by atomic mass is 16.5. The molecule has 0 aromatic carbocycles. The summed E-state index contributed by atoms with van der Waals surface area (Å²) in [5.41, 5.74) is 1.25. The van der Waals surface area contributed by atoms with Gasteiger partial charge in [0.1, 0.15) is 0 Å². The highest BCUT2D eigenvalue weighted by Crippen LogP contribution is 2.65. The largest absolute Gasteiger partial charge is 0.372 e. The molecule has 3 aliphatic rings. The lowest BCUT2D eigenvalue weighted by molar-refractivity contribution is -0.153. The quantitative estimate of drug-likeness (QED) is 0.600. The Morgan fingerprint density at radius 2 is 1.67 bits per heavy atom. The summed E-state index contributed by atoms with van der Waals surface area (Å²) >= 11 is 0. The highest BCUT2D eigenvalue weighted by molar-refractivity contribution is 5.10. The van der Waals surface area contributed by atoms with Crippen LogP contribution in [-0.2, 0) is 4.74 Å². The Labute approximate surface area is 113 Å². The Bertz CT molecular complexity index is 348. The molecule has 0 radical (unpaired) electrons. The fraction of sp³-hybridized carbons (Fsp3) is 1.00. The van der Waals surface area contributed by atoms with E-state index in [0.29, 0.717) is 16.9 Å². The summed E-state index contributed by atoms with van der Waals surface area (Å²) in [5, 5.41) is 0. The van der Waals surface area contributed by atoms with Gasteiger partial charge in [-0.25, -0.2) is 0 Å². The molecule has 0 aromatic heterocycles. The van der Waals surface area contributed by atoms with Gasteiger partial charge in [-0.2, -0.15) is 0 Å². The van der Waals surface area contributed by atoms with Gasteiger partial charge in [-0.15, -0.1) is 0 Å². The van der Waals surface area contributed by atoms with Crippen LogP contribution in [0.2, 0.25) is 0 Å². The van der Waals surface area contributed by atoms with E-state index in [-0.39, 0.29) is 5.60 Å². The number of hydrogen-bond acceptors (Lipinski definition) is 1. The van der Waals surface area contributed by atoms with Gasteiger partial charge < -0.3 is 4.74 Å². The van der Waals surface area contributed by atoms with Crippen molar-refractivity contribution in [3.05, 3.63) is 0 Å². The summed E-state index contributed by atoms with van der Waals surface area (Å²) in [6.45, 7) is 12.3. The third-order valence-corrected chi connectivity index (χ3v) is 6.78. The second-order valence-corrected chi connectivity index (χ2v) is 8.47. The third-order valence-electron chi connectivity index (χ3n) is 6.78. The average Bonchev–Trinajstić information content (AvgIpc) is 2.53. The molecule has 0 amide bonds. The Kier molecular flexibility index (Phi) is 2.70. The Morgan fingerprint density at radius 1 is 0.944 bits per heavy atom. The summed E-state index contributed by atoms with van der Waals surface area (Å²) in [6, 6.07) is 0. The fourth-order valence-electron chi connectivity index (χ4n) is 6.11. The molecule has 0 bridgehead atoms. The summed E-state index contributed by atoms with van der Waals surface area (Å²) in [5.74, 6) is 1.70. The van der Waals surface area contributed by atoms with E-state index in [1.807, 2.05) is 0 Å². The summed E-state index contributed by atoms with van der Waals surface area (Å²) in [6.07, 6.45) is 8.70. The van der Waals surface area contributed by atoms with E-state index >= 15 is 0 Å². The van der Waals surface area contributed by atoms with Gasteiger partial charge in [-0.1, -0.05) is 27.2 Å². The van der Waals surface area contributed by atoms with E-state index in [0.717, 1.165) is 11.8 Å². The Hall–Kier alpha value is -0.0400. The first-order valence-electron chi connectivity index (χ1n) is 7.96. The predicted molar refractivity (Wildman–Crippen MR) is 75.5 cm³/mol. The maximum Gasteiger partial charge on any atom is 0.0692 e. The van der Waals surface area contributed by atoms with Gasteiger partial charge in [0.15, 0.2) is 0 Å². The Balaban J connectivity index is 1.98. The van der Waals surface area contributed by atoms with Gasteiger partial charge >= 0.3 is 0 Å². The molecule has 0 aromatic rings. The van der Waals surface area contributed by atoms with Crippen LogP contribution < -0.4 is 0 Å². The van der Waals surface area contributed by atoms with Crippen molar-refractivity contribution in [1.29, 1.82) is 0 Å². The lowest BCUT2D eigenvalue weighted by Crippen LogP contribution is -2.55. The minimum atomic E-state index is 0.179. The molecule has 1 nitrogen and oxygen atoms in total.